The van der Waals surface area contributed by atoms with E-state index in [0.717, 1.165) is 25.0 Å². The van der Waals surface area contributed by atoms with Crippen molar-refractivity contribution in [3.63, 3.8) is 0 Å². The lowest BCUT2D eigenvalue weighted by atomic mass is 10.1. The van der Waals surface area contributed by atoms with Gasteiger partial charge in [-0.3, -0.25) is 9.59 Å². The van der Waals surface area contributed by atoms with E-state index in [1.165, 1.54) is 0 Å². The van der Waals surface area contributed by atoms with Crippen LogP contribution in [-0.2, 0) is 9.53 Å². The number of benzene rings is 2. The third-order valence-electron chi connectivity index (χ3n) is 4.80. The Morgan fingerprint density at radius 3 is 2.61 bits per heavy atom. The van der Waals surface area contributed by atoms with Gasteiger partial charge < -0.3 is 20.7 Å². The summed E-state index contributed by atoms with van der Waals surface area (Å²) in [5.41, 5.74) is 2.20. The fourth-order valence-electron chi connectivity index (χ4n) is 3.24. The van der Waals surface area contributed by atoms with Gasteiger partial charge in [0.2, 0.25) is 5.91 Å². The summed E-state index contributed by atoms with van der Waals surface area (Å²) in [5.74, 6) is -0.303. The molecule has 1 aliphatic heterocycles. The number of para-hydroxylation sites is 1. The molecule has 148 valence electrons. The fraction of sp³-hybridized carbons (Fsp3) is 0.364. The average Bonchev–Trinajstić information content (AvgIpc) is 3.25. The van der Waals surface area contributed by atoms with E-state index < -0.39 is 0 Å². The Labute approximate surface area is 165 Å². The van der Waals surface area contributed by atoms with E-state index >= 15 is 0 Å². The summed E-state index contributed by atoms with van der Waals surface area (Å²) in [6.45, 7) is 3.30. The molecule has 1 saturated heterocycles. The zero-order chi connectivity index (χ0) is 19.8. The second kappa shape index (κ2) is 9.90. The monoisotopic (exact) mass is 381 g/mol. The molecule has 1 fully saturated rings. The predicted molar refractivity (Wildman–Crippen MR) is 109 cm³/mol. The second-order valence-corrected chi connectivity index (χ2v) is 6.94. The maximum Gasteiger partial charge on any atom is 0.253 e. The van der Waals surface area contributed by atoms with Crippen molar-refractivity contribution in [2.24, 2.45) is 0 Å². The number of anilines is 1. The number of carbonyl (C=O) groups is 2. The summed E-state index contributed by atoms with van der Waals surface area (Å²) in [6, 6.07) is 16.9. The van der Waals surface area contributed by atoms with Crippen LogP contribution in [0, 0.1) is 0 Å². The maximum atomic E-state index is 12.5. The molecule has 0 spiro atoms. The summed E-state index contributed by atoms with van der Waals surface area (Å²) in [7, 11) is 0. The quantitative estimate of drug-likeness (QED) is 0.657. The smallest absolute Gasteiger partial charge is 0.253 e. The molecular formula is C22H27N3O3. The molecule has 2 atom stereocenters. The molecule has 0 unspecified atom stereocenters. The standard InChI is InChI=1S/C22H27N3O3/c1-16(17-8-3-2-4-9-17)25-21(26)15-23-20-12-6-5-11-19(20)22(27)24-14-18-10-7-13-28-18/h2-6,8-9,11-12,16,18,23H,7,10,13-15H2,1H3,(H,24,27)(H,25,26)/t16-,18-/m1/s1. The molecule has 6 heteroatoms. The van der Waals surface area contributed by atoms with Crippen molar-refractivity contribution >= 4 is 17.5 Å². The van der Waals surface area contributed by atoms with Crippen LogP contribution in [0.3, 0.4) is 0 Å². The summed E-state index contributed by atoms with van der Waals surface area (Å²) < 4.78 is 5.54. The van der Waals surface area contributed by atoms with Crippen molar-refractivity contribution in [3.05, 3.63) is 65.7 Å². The Hall–Kier alpha value is -2.86. The zero-order valence-electron chi connectivity index (χ0n) is 16.1. The second-order valence-electron chi connectivity index (χ2n) is 6.94. The third-order valence-corrected chi connectivity index (χ3v) is 4.80. The van der Waals surface area contributed by atoms with Gasteiger partial charge in [-0.15, -0.1) is 0 Å². The number of rotatable bonds is 8. The van der Waals surface area contributed by atoms with Gasteiger partial charge in [-0.1, -0.05) is 42.5 Å². The molecule has 3 rings (SSSR count). The summed E-state index contributed by atoms with van der Waals surface area (Å²) >= 11 is 0. The van der Waals surface area contributed by atoms with Gasteiger partial charge in [-0.05, 0) is 37.5 Å². The first-order chi connectivity index (χ1) is 13.6. The summed E-state index contributed by atoms with van der Waals surface area (Å²) in [6.07, 6.45) is 2.10. The molecule has 2 aromatic carbocycles. The zero-order valence-corrected chi connectivity index (χ0v) is 16.1. The molecule has 0 aliphatic carbocycles. The highest BCUT2D eigenvalue weighted by molar-refractivity contribution is 6.00. The minimum atomic E-state index is -0.170. The van der Waals surface area contributed by atoms with Gasteiger partial charge in [0.15, 0.2) is 0 Å². The molecule has 3 N–H and O–H groups in total. The summed E-state index contributed by atoms with van der Waals surface area (Å²) in [5, 5.41) is 8.95. The van der Waals surface area contributed by atoms with E-state index in [1.54, 1.807) is 12.1 Å². The first kappa shape index (κ1) is 19.9. The van der Waals surface area contributed by atoms with Crippen molar-refractivity contribution in [2.45, 2.75) is 31.9 Å². The summed E-state index contributed by atoms with van der Waals surface area (Å²) in [4.78, 5) is 24.8. The number of ether oxygens (including phenoxy) is 1. The maximum absolute atomic E-state index is 12.5. The van der Waals surface area contributed by atoms with Crippen LogP contribution in [0.2, 0.25) is 0 Å². The van der Waals surface area contributed by atoms with E-state index in [2.05, 4.69) is 16.0 Å². The molecule has 28 heavy (non-hydrogen) atoms. The highest BCUT2D eigenvalue weighted by Gasteiger charge is 2.18. The van der Waals surface area contributed by atoms with E-state index in [1.807, 2.05) is 49.4 Å². The lowest BCUT2D eigenvalue weighted by molar-refractivity contribution is -0.120. The molecule has 0 radical (unpaired) electrons. The van der Waals surface area contributed by atoms with Crippen molar-refractivity contribution in [2.75, 3.05) is 25.0 Å². The SMILES string of the molecule is C[C@@H](NC(=O)CNc1ccccc1C(=O)NC[C@H]1CCCO1)c1ccccc1. The first-order valence-electron chi connectivity index (χ1n) is 9.70. The molecule has 6 nitrogen and oxygen atoms in total. The predicted octanol–water partition coefficient (Wildman–Crippen LogP) is 2.88. The van der Waals surface area contributed by atoms with Crippen LogP contribution >= 0.6 is 0 Å². The van der Waals surface area contributed by atoms with Crippen LogP contribution in [-0.4, -0.2) is 37.6 Å². The molecular weight excluding hydrogens is 354 g/mol. The van der Waals surface area contributed by atoms with Crippen LogP contribution in [0.4, 0.5) is 5.69 Å². The van der Waals surface area contributed by atoms with Crippen LogP contribution in [0.1, 0.15) is 41.7 Å². The lowest BCUT2D eigenvalue weighted by Crippen LogP contribution is -2.34. The van der Waals surface area contributed by atoms with Gasteiger partial charge in [-0.25, -0.2) is 0 Å². The van der Waals surface area contributed by atoms with Gasteiger partial charge >= 0.3 is 0 Å². The molecule has 2 amide bonds. The van der Waals surface area contributed by atoms with Crippen molar-refractivity contribution in [1.82, 2.24) is 10.6 Å². The minimum Gasteiger partial charge on any atom is -0.376 e. The first-order valence-corrected chi connectivity index (χ1v) is 9.70. The van der Waals surface area contributed by atoms with E-state index in [9.17, 15) is 9.59 Å². The van der Waals surface area contributed by atoms with Crippen LogP contribution in [0.5, 0.6) is 0 Å². The number of hydrogen-bond acceptors (Lipinski definition) is 4. The molecule has 2 aromatic rings. The van der Waals surface area contributed by atoms with Crippen molar-refractivity contribution < 1.29 is 14.3 Å². The Balaban J connectivity index is 1.52. The number of amides is 2. The molecule has 0 bridgehead atoms. The normalized spacial score (nSPS) is 17.0. The van der Waals surface area contributed by atoms with Crippen LogP contribution < -0.4 is 16.0 Å². The minimum absolute atomic E-state index is 0.0829. The fourth-order valence-corrected chi connectivity index (χ4v) is 3.24. The van der Waals surface area contributed by atoms with Crippen molar-refractivity contribution in [1.29, 1.82) is 0 Å². The molecule has 0 aromatic heterocycles. The number of nitrogens with one attached hydrogen (secondary N) is 3. The van der Waals surface area contributed by atoms with Crippen LogP contribution in [0.15, 0.2) is 54.6 Å². The van der Waals surface area contributed by atoms with Crippen molar-refractivity contribution in [3.8, 4) is 0 Å². The van der Waals surface area contributed by atoms with Gasteiger partial charge in [0.1, 0.15) is 0 Å². The average molecular weight is 381 g/mol. The van der Waals surface area contributed by atoms with E-state index in [0.29, 0.717) is 17.8 Å². The van der Waals surface area contributed by atoms with Gasteiger partial charge in [-0.2, -0.15) is 0 Å². The Morgan fingerprint density at radius 2 is 1.86 bits per heavy atom. The van der Waals surface area contributed by atoms with E-state index in [-0.39, 0.29) is 30.5 Å². The lowest BCUT2D eigenvalue weighted by Gasteiger charge is -2.16. The molecule has 1 aliphatic rings. The Bertz CT molecular complexity index is 789. The largest absolute Gasteiger partial charge is 0.376 e. The molecule has 1 heterocycles. The van der Waals surface area contributed by atoms with Gasteiger partial charge in [0.25, 0.3) is 5.91 Å². The van der Waals surface area contributed by atoms with Gasteiger partial charge in [0, 0.05) is 18.8 Å². The molecule has 0 saturated carbocycles. The topological polar surface area (TPSA) is 79.5 Å². The van der Waals surface area contributed by atoms with E-state index in [4.69, 9.17) is 4.74 Å². The third kappa shape index (κ3) is 5.57. The van der Waals surface area contributed by atoms with Gasteiger partial charge in [0.05, 0.1) is 24.3 Å². The highest BCUT2D eigenvalue weighted by Crippen LogP contribution is 2.16. The Morgan fingerprint density at radius 1 is 1.11 bits per heavy atom. The Kier molecular flexibility index (Phi) is 7.03. The van der Waals surface area contributed by atoms with Crippen LogP contribution in [0.25, 0.3) is 0 Å². The highest BCUT2D eigenvalue weighted by atomic mass is 16.5. The number of hydrogen-bond donors (Lipinski definition) is 3. The number of carbonyl (C=O) groups excluding carboxylic acids is 2.